The fourth-order valence-electron chi connectivity index (χ4n) is 3.55. The molecule has 4 rings (SSSR count). The van der Waals surface area contributed by atoms with Gasteiger partial charge in [-0.25, -0.2) is 0 Å². The van der Waals surface area contributed by atoms with E-state index in [0.717, 1.165) is 30.8 Å². The zero-order valence-electron chi connectivity index (χ0n) is 14.5. The summed E-state index contributed by atoms with van der Waals surface area (Å²) in [5.74, 6) is 1.75. The summed E-state index contributed by atoms with van der Waals surface area (Å²) < 4.78 is 11.7. The van der Waals surface area contributed by atoms with Gasteiger partial charge in [-0.3, -0.25) is 4.79 Å². The monoisotopic (exact) mass is 337 g/mol. The molecule has 0 bridgehead atoms. The van der Waals surface area contributed by atoms with E-state index in [9.17, 15) is 4.79 Å². The molecule has 0 aromatic heterocycles. The van der Waals surface area contributed by atoms with Crippen molar-refractivity contribution >= 4 is 5.91 Å². The first kappa shape index (κ1) is 16.0. The number of hydrogen-bond donors (Lipinski definition) is 0. The number of fused-ring (bicyclic) bond motifs is 1. The van der Waals surface area contributed by atoms with E-state index < -0.39 is 0 Å². The highest BCUT2D eigenvalue weighted by molar-refractivity contribution is 5.85. The predicted octanol–water partition coefficient (Wildman–Crippen LogP) is 3.31. The second-order valence-electron chi connectivity index (χ2n) is 7.13. The summed E-state index contributed by atoms with van der Waals surface area (Å²) in [5, 5.41) is 0. The lowest BCUT2D eigenvalue weighted by Crippen LogP contribution is -2.44. The molecule has 0 radical (unpaired) electrons. The highest BCUT2D eigenvalue weighted by Gasteiger charge is 2.51. The number of rotatable bonds is 5. The molecule has 1 saturated carbocycles. The summed E-state index contributed by atoms with van der Waals surface area (Å²) >= 11 is 0. The quantitative estimate of drug-likeness (QED) is 0.840. The van der Waals surface area contributed by atoms with Gasteiger partial charge in [-0.05, 0) is 37.0 Å². The van der Waals surface area contributed by atoms with Crippen molar-refractivity contribution in [1.29, 1.82) is 0 Å². The Balaban J connectivity index is 1.38. The first-order valence-electron chi connectivity index (χ1n) is 8.84. The van der Waals surface area contributed by atoms with Crippen LogP contribution in [0.15, 0.2) is 54.6 Å². The highest BCUT2D eigenvalue weighted by atomic mass is 16.6. The van der Waals surface area contributed by atoms with Gasteiger partial charge in [-0.15, -0.1) is 0 Å². The smallest absolute Gasteiger partial charge is 0.228 e. The standard InChI is InChI=1S/C21H23NO3/c1-22(14-17-15-24-18-9-5-6-10-19(18)25-17)20(23)21(11-12-21)13-16-7-3-2-4-8-16/h2-10,17H,11-15H2,1H3. The van der Waals surface area contributed by atoms with E-state index in [-0.39, 0.29) is 17.4 Å². The Bertz CT molecular complexity index is 755. The van der Waals surface area contributed by atoms with Gasteiger partial charge in [0.05, 0.1) is 12.0 Å². The number of nitrogens with zero attached hydrogens (tertiary/aromatic N) is 1. The molecule has 1 atom stereocenters. The van der Waals surface area contributed by atoms with Crippen LogP contribution in [0.2, 0.25) is 0 Å². The summed E-state index contributed by atoms with van der Waals surface area (Å²) in [6.07, 6.45) is 2.63. The summed E-state index contributed by atoms with van der Waals surface area (Å²) in [6, 6.07) is 17.9. The van der Waals surface area contributed by atoms with Crippen LogP contribution < -0.4 is 9.47 Å². The largest absolute Gasteiger partial charge is 0.486 e. The van der Waals surface area contributed by atoms with E-state index in [1.54, 1.807) is 0 Å². The molecule has 1 unspecified atom stereocenters. The summed E-state index contributed by atoms with van der Waals surface area (Å²) in [4.78, 5) is 14.8. The maximum absolute atomic E-state index is 13.0. The molecule has 1 amide bonds. The zero-order chi connectivity index (χ0) is 17.3. The van der Waals surface area contributed by atoms with Crippen LogP contribution in [0.25, 0.3) is 0 Å². The molecular formula is C21H23NO3. The molecule has 0 spiro atoms. The Morgan fingerprint density at radius 1 is 1.08 bits per heavy atom. The van der Waals surface area contributed by atoms with Crippen LogP contribution in [0.1, 0.15) is 18.4 Å². The Hall–Kier alpha value is -2.49. The zero-order valence-corrected chi connectivity index (χ0v) is 14.5. The number of para-hydroxylation sites is 2. The Kier molecular flexibility index (Phi) is 4.12. The third-order valence-electron chi connectivity index (χ3n) is 5.08. The van der Waals surface area contributed by atoms with E-state index in [2.05, 4.69) is 12.1 Å². The van der Waals surface area contributed by atoms with Crippen molar-refractivity contribution in [2.75, 3.05) is 20.2 Å². The van der Waals surface area contributed by atoms with E-state index in [0.29, 0.717) is 13.2 Å². The van der Waals surface area contributed by atoms with Crippen LogP contribution in [0.5, 0.6) is 11.5 Å². The van der Waals surface area contributed by atoms with Gasteiger partial charge in [-0.1, -0.05) is 42.5 Å². The fourth-order valence-corrected chi connectivity index (χ4v) is 3.55. The highest BCUT2D eigenvalue weighted by Crippen LogP contribution is 2.49. The lowest BCUT2D eigenvalue weighted by atomic mass is 9.95. The molecule has 2 aliphatic rings. The molecule has 25 heavy (non-hydrogen) atoms. The Morgan fingerprint density at radius 3 is 2.48 bits per heavy atom. The number of benzene rings is 2. The van der Waals surface area contributed by atoms with E-state index in [4.69, 9.17) is 9.47 Å². The fraction of sp³-hybridized carbons (Fsp3) is 0.381. The normalized spacial score (nSPS) is 20.0. The molecule has 1 aliphatic heterocycles. The molecule has 2 aromatic rings. The molecule has 4 nitrogen and oxygen atoms in total. The summed E-state index contributed by atoms with van der Waals surface area (Å²) in [5.41, 5.74) is 1.01. The van der Waals surface area contributed by atoms with Crippen molar-refractivity contribution in [2.45, 2.75) is 25.4 Å². The number of ether oxygens (including phenoxy) is 2. The molecule has 1 heterocycles. The van der Waals surface area contributed by atoms with Crippen LogP contribution >= 0.6 is 0 Å². The van der Waals surface area contributed by atoms with Crippen molar-refractivity contribution in [3.05, 3.63) is 60.2 Å². The van der Waals surface area contributed by atoms with Crippen molar-refractivity contribution in [2.24, 2.45) is 5.41 Å². The van der Waals surface area contributed by atoms with Gasteiger partial charge >= 0.3 is 0 Å². The average molecular weight is 337 g/mol. The molecule has 130 valence electrons. The molecule has 1 aliphatic carbocycles. The lowest BCUT2D eigenvalue weighted by Gasteiger charge is -2.31. The molecule has 2 aromatic carbocycles. The number of hydrogen-bond acceptors (Lipinski definition) is 3. The third-order valence-corrected chi connectivity index (χ3v) is 5.08. The minimum Gasteiger partial charge on any atom is -0.486 e. The van der Waals surface area contributed by atoms with Crippen LogP contribution in [-0.2, 0) is 11.2 Å². The van der Waals surface area contributed by atoms with Gasteiger partial charge in [0.1, 0.15) is 6.61 Å². The molecule has 0 N–H and O–H groups in total. The number of likely N-dealkylation sites (N-methyl/N-ethyl adjacent to an activating group) is 1. The van der Waals surface area contributed by atoms with Gasteiger partial charge in [0, 0.05) is 7.05 Å². The first-order chi connectivity index (χ1) is 12.2. The maximum atomic E-state index is 13.0. The Morgan fingerprint density at radius 2 is 1.76 bits per heavy atom. The molecule has 0 saturated heterocycles. The lowest BCUT2D eigenvalue weighted by molar-refractivity contribution is -0.137. The van der Waals surface area contributed by atoms with Gasteiger partial charge in [0.25, 0.3) is 0 Å². The van der Waals surface area contributed by atoms with Crippen molar-refractivity contribution in [1.82, 2.24) is 4.90 Å². The van der Waals surface area contributed by atoms with Crippen LogP contribution in [0.3, 0.4) is 0 Å². The number of carbonyl (C=O) groups excluding carboxylic acids is 1. The van der Waals surface area contributed by atoms with Crippen LogP contribution in [0.4, 0.5) is 0 Å². The van der Waals surface area contributed by atoms with Gasteiger partial charge in [-0.2, -0.15) is 0 Å². The number of carbonyl (C=O) groups is 1. The van der Waals surface area contributed by atoms with Gasteiger partial charge in [0.2, 0.25) is 5.91 Å². The second-order valence-corrected chi connectivity index (χ2v) is 7.13. The van der Waals surface area contributed by atoms with Crippen molar-refractivity contribution in [3.63, 3.8) is 0 Å². The van der Waals surface area contributed by atoms with E-state index >= 15 is 0 Å². The first-order valence-corrected chi connectivity index (χ1v) is 8.84. The van der Waals surface area contributed by atoms with Crippen molar-refractivity contribution in [3.8, 4) is 11.5 Å². The minimum absolute atomic E-state index is 0.128. The van der Waals surface area contributed by atoms with Crippen LogP contribution in [-0.4, -0.2) is 37.1 Å². The molecule has 1 fully saturated rings. The summed E-state index contributed by atoms with van der Waals surface area (Å²) in [6.45, 7) is 1.02. The third kappa shape index (κ3) is 3.34. The Labute approximate surface area is 148 Å². The van der Waals surface area contributed by atoms with Crippen LogP contribution in [0, 0.1) is 5.41 Å². The maximum Gasteiger partial charge on any atom is 0.228 e. The second kappa shape index (κ2) is 6.43. The van der Waals surface area contributed by atoms with Crippen molar-refractivity contribution < 1.29 is 14.3 Å². The average Bonchev–Trinajstić information content (AvgIpc) is 3.42. The van der Waals surface area contributed by atoms with E-state index in [1.165, 1.54) is 5.56 Å². The SMILES string of the molecule is CN(CC1COc2ccccc2O1)C(=O)C1(Cc2ccccc2)CC1. The minimum atomic E-state index is -0.219. The molecule has 4 heteroatoms. The van der Waals surface area contributed by atoms with Gasteiger partial charge < -0.3 is 14.4 Å². The van der Waals surface area contributed by atoms with Gasteiger partial charge in [0.15, 0.2) is 17.6 Å². The summed E-state index contributed by atoms with van der Waals surface area (Å²) in [7, 11) is 1.87. The van der Waals surface area contributed by atoms with E-state index in [1.807, 2.05) is 54.4 Å². The predicted molar refractivity (Wildman–Crippen MR) is 95.8 cm³/mol. The molecular weight excluding hydrogens is 314 g/mol. The topological polar surface area (TPSA) is 38.8 Å². The number of amides is 1.